The number of ether oxygens (including phenoxy) is 1. The molecule has 2 rings (SSSR count). The standard InChI is InChI=1S/C16H15N3O5/c1-10-4-2-3-5-14(10)18-15(20)9-24-16(21)12-7-6-11(19(22)23)8-13(12)17/h2-8H,9,17H2,1H3,(H,18,20). The fourth-order valence-electron chi connectivity index (χ4n) is 1.96. The van der Waals surface area contributed by atoms with E-state index in [0.29, 0.717) is 5.69 Å². The number of esters is 1. The van der Waals surface area contributed by atoms with Gasteiger partial charge in [0.15, 0.2) is 6.61 Å². The van der Waals surface area contributed by atoms with E-state index in [2.05, 4.69) is 5.32 Å². The molecule has 0 heterocycles. The van der Waals surface area contributed by atoms with Crippen molar-refractivity contribution in [1.29, 1.82) is 0 Å². The van der Waals surface area contributed by atoms with Crippen molar-refractivity contribution >= 4 is 28.9 Å². The first-order valence-electron chi connectivity index (χ1n) is 6.95. The van der Waals surface area contributed by atoms with Gasteiger partial charge in [-0.1, -0.05) is 18.2 Å². The van der Waals surface area contributed by atoms with Crippen molar-refractivity contribution in [1.82, 2.24) is 0 Å². The van der Waals surface area contributed by atoms with Gasteiger partial charge >= 0.3 is 5.97 Å². The Kier molecular flexibility index (Phi) is 5.10. The highest BCUT2D eigenvalue weighted by Crippen LogP contribution is 2.20. The average Bonchev–Trinajstić information content (AvgIpc) is 2.54. The molecule has 0 unspecified atom stereocenters. The zero-order valence-corrected chi connectivity index (χ0v) is 12.8. The highest BCUT2D eigenvalue weighted by Gasteiger charge is 2.16. The molecule has 0 bridgehead atoms. The minimum atomic E-state index is -0.831. The number of nitrogens with two attached hydrogens (primary N) is 1. The molecule has 2 aromatic carbocycles. The Labute approximate surface area is 137 Å². The minimum Gasteiger partial charge on any atom is -0.452 e. The van der Waals surface area contributed by atoms with E-state index >= 15 is 0 Å². The van der Waals surface area contributed by atoms with Crippen molar-refractivity contribution in [3.63, 3.8) is 0 Å². The fourth-order valence-corrected chi connectivity index (χ4v) is 1.96. The van der Waals surface area contributed by atoms with Gasteiger partial charge in [0, 0.05) is 17.8 Å². The zero-order valence-electron chi connectivity index (χ0n) is 12.8. The molecule has 1 amide bonds. The van der Waals surface area contributed by atoms with Gasteiger partial charge in [0.25, 0.3) is 11.6 Å². The maximum atomic E-state index is 11.9. The number of carbonyl (C=O) groups excluding carboxylic acids is 2. The summed E-state index contributed by atoms with van der Waals surface area (Å²) in [7, 11) is 0. The number of nitro groups is 1. The Morgan fingerprint density at radius 3 is 2.58 bits per heavy atom. The lowest BCUT2D eigenvalue weighted by Crippen LogP contribution is -2.21. The summed E-state index contributed by atoms with van der Waals surface area (Å²) in [5.74, 6) is -1.33. The highest BCUT2D eigenvalue weighted by molar-refractivity contribution is 5.98. The van der Waals surface area contributed by atoms with Crippen molar-refractivity contribution in [3.8, 4) is 0 Å². The number of nitrogens with one attached hydrogen (secondary N) is 1. The van der Waals surface area contributed by atoms with Crippen molar-refractivity contribution < 1.29 is 19.2 Å². The van der Waals surface area contributed by atoms with E-state index in [1.54, 1.807) is 12.1 Å². The van der Waals surface area contributed by atoms with E-state index in [-0.39, 0.29) is 16.9 Å². The van der Waals surface area contributed by atoms with Gasteiger partial charge < -0.3 is 15.8 Å². The summed E-state index contributed by atoms with van der Waals surface area (Å²) in [5, 5.41) is 13.3. The number of hydrogen-bond acceptors (Lipinski definition) is 6. The summed E-state index contributed by atoms with van der Waals surface area (Å²) in [6.45, 7) is 1.34. The number of benzene rings is 2. The van der Waals surface area contributed by atoms with Crippen LogP contribution in [0, 0.1) is 17.0 Å². The smallest absolute Gasteiger partial charge is 0.340 e. The summed E-state index contributed by atoms with van der Waals surface area (Å²) < 4.78 is 4.88. The molecule has 0 aliphatic heterocycles. The lowest BCUT2D eigenvalue weighted by Gasteiger charge is -2.09. The molecular weight excluding hydrogens is 314 g/mol. The second-order valence-electron chi connectivity index (χ2n) is 4.97. The monoisotopic (exact) mass is 329 g/mol. The quantitative estimate of drug-likeness (QED) is 0.375. The number of rotatable bonds is 5. The molecule has 0 saturated heterocycles. The van der Waals surface area contributed by atoms with Gasteiger partial charge in [0.2, 0.25) is 0 Å². The molecule has 0 aliphatic carbocycles. The van der Waals surface area contributed by atoms with E-state index in [9.17, 15) is 19.7 Å². The van der Waals surface area contributed by atoms with Crippen molar-refractivity contribution in [2.45, 2.75) is 6.92 Å². The van der Waals surface area contributed by atoms with Gasteiger partial charge in [-0.05, 0) is 24.6 Å². The van der Waals surface area contributed by atoms with Crippen molar-refractivity contribution in [3.05, 3.63) is 63.7 Å². The number of hydrogen-bond donors (Lipinski definition) is 2. The van der Waals surface area contributed by atoms with Gasteiger partial charge in [-0.3, -0.25) is 14.9 Å². The Morgan fingerprint density at radius 1 is 1.25 bits per heavy atom. The third-order valence-corrected chi connectivity index (χ3v) is 3.22. The van der Waals surface area contributed by atoms with Gasteiger partial charge in [0.1, 0.15) is 0 Å². The predicted octanol–water partition coefficient (Wildman–Crippen LogP) is 2.28. The van der Waals surface area contributed by atoms with Crippen LogP contribution < -0.4 is 11.1 Å². The summed E-state index contributed by atoms with van der Waals surface area (Å²) in [6, 6.07) is 10.6. The summed E-state index contributed by atoms with van der Waals surface area (Å²) >= 11 is 0. The average molecular weight is 329 g/mol. The summed E-state index contributed by atoms with van der Waals surface area (Å²) in [4.78, 5) is 33.7. The third kappa shape index (κ3) is 4.07. The zero-order chi connectivity index (χ0) is 17.7. The SMILES string of the molecule is Cc1ccccc1NC(=O)COC(=O)c1ccc([N+](=O)[O-])cc1N. The van der Waals surface area contributed by atoms with E-state index in [4.69, 9.17) is 10.5 Å². The minimum absolute atomic E-state index is 0.0377. The number of anilines is 2. The summed E-state index contributed by atoms with van der Waals surface area (Å²) in [6.07, 6.45) is 0. The maximum absolute atomic E-state index is 11.9. The first kappa shape index (κ1) is 16.9. The van der Waals surface area contributed by atoms with Crippen molar-refractivity contribution in [2.24, 2.45) is 0 Å². The van der Waals surface area contributed by atoms with E-state index in [0.717, 1.165) is 17.7 Å². The van der Waals surface area contributed by atoms with Crippen LogP contribution in [-0.2, 0) is 9.53 Å². The Balaban J connectivity index is 1.97. The lowest BCUT2D eigenvalue weighted by atomic mass is 10.1. The number of nitrogens with zero attached hydrogens (tertiary/aromatic N) is 1. The molecule has 2 aromatic rings. The molecule has 0 fully saturated rings. The molecule has 124 valence electrons. The number of non-ortho nitro benzene ring substituents is 1. The molecule has 8 nitrogen and oxygen atoms in total. The van der Waals surface area contributed by atoms with Crippen molar-refractivity contribution in [2.75, 3.05) is 17.7 Å². The van der Waals surface area contributed by atoms with E-state index in [1.165, 1.54) is 6.07 Å². The van der Waals surface area contributed by atoms with E-state index < -0.39 is 23.4 Å². The lowest BCUT2D eigenvalue weighted by molar-refractivity contribution is -0.384. The predicted molar refractivity (Wildman–Crippen MR) is 87.6 cm³/mol. The molecule has 0 aliphatic rings. The molecule has 0 spiro atoms. The number of amides is 1. The highest BCUT2D eigenvalue weighted by atomic mass is 16.6. The van der Waals surface area contributed by atoms with Crippen LogP contribution in [0.25, 0.3) is 0 Å². The molecule has 24 heavy (non-hydrogen) atoms. The second kappa shape index (κ2) is 7.23. The molecule has 3 N–H and O–H groups in total. The second-order valence-corrected chi connectivity index (χ2v) is 4.97. The van der Waals surface area contributed by atoms with Crippen LogP contribution in [0.4, 0.5) is 17.1 Å². The first-order valence-corrected chi connectivity index (χ1v) is 6.95. The first-order chi connectivity index (χ1) is 11.4. The number of aryl methyl sites for hydroxylation is 1. The third-order valence-electron chi connectivity index (χ3n) is 3.22. The topological polar surface area (TPSA) is 125 Å². The van der Waals surface area contributed by atoms with Crippen LogP contribution in [0.1, 0.15) is 15.9 Å². The number of nitrogen functional groups attached to an aromatic ring is 1. The maximum Gasteiger partial charge on any atom is 0.340 e. The van der Waals surface area contributed by atoms with Crippen LogP contribution in [0.5, 0.6) is 0 Å². The van der Waals surface area contributed by atoms with Crippen LogP contribution in [0.15, 0.2) is 42.5 Å². The van der Waals surface area contributed by atoms with Gasteiger partial charge in [0.05, 0.1) is 16.2 Å². The molecule has 0 radical (unpaired) electrons. The number of carbonyl (C=O) groups is 2. The number of para-hydroxylation sites is 1. The molecule has 0 aromatic heterocycles. The molecule has 8 heteroatoms. The van der Waals surface area contributed by atoms with Gasteiger partial charge in [-0.25, -0.2) is 4.79 Å². The normalized spacial score (nSPS) is 10.0. The number of nitro benzene ring substituents is 1. The fraction of sp³-hybridized carbons (Fsp3) is 0.125. The van der Waals surface area contributed by atoms with Gasteiger partial charge in [-0.15, -0.1) is 0 Å². The van der Waals surface area contributed by atoms with Crippen LogP contribution in [0.2, 0.25) is 0 Å². The summed E-state index contributed by atoms with van der Waals surface area (Å²) in [5.41, 5.74) is 6.73. The Hall–Kier alpha value is -3.42. The molecule has 0 atom stereocenters. The van der Waals surface area contributed by atoms with E-state index in [1.807, 2.05) is 19.1 Å². The van der Waals surface area contributed by atoms with Crippen LogP contribution in [0.3, 0.4) is 0 Å². The Bertz CT molecular complexity index is 804. The largest absolute Gasteiger partial charge is 0.452 e. The molecule has 0 saturated carbocycles. The molecular formula is C16H15N3O5. The Morgan fingerprint density at radius 2 is 1.96 bits per heavy atom. The van der Waals surface area contributed by atoms with Gasteiger partial charge in [-0.2, -0.15) is 0 Å². The van der Waals surface area contributed by atoms with Crippen LogP contribution in [-0.4, -0.2) is 23.4 Å². The van der Waals surface area contributed by atoms with Crippen LogP contribution >= 0.6 is 0 Å².